The Hall–Kier alpha value is -1.91. The van der Waals surface area contributed by atoms with Crippen molar-refractivity contribution in [2.75, 3.05) is 0 Å². The second-order valence-corrected chi connectivity index (χ2v) is 3.48. The van der Waals surface area contributed by atoms with Gasteiger partial charge in [0, 0.05) is 12.1 Å². The first kappa shape index (κ1) is 12.2. The third-order valence-corrected chi connectivity index (χ3v) is 2.28. The van der Waals surface area contributed by atoms with Gasteiger partial charge in [-0.2, -0.15) is 0 Å². The summed E-state index contributed by atoms with van der Waals surface area (Å²) in [5.74, 6) is -0.164. The molecule has 0 aliphatic carbocycles. The minimum Gasteiger partial charge on any atom is -0.426 e. The molecule has 0 aromatic heterocycles. The van der Waals surface area contributed by atoms with Crippen LogP contribution in [0.2, 0.25) is 0 Å². The number of nitro benzene ring substituents is 1. The number of rotatable bonds is 4. The van der Waals surface area contributed by atoms with Gasteiger partial charge >= 0.3 is 5.97 Å². The Morgan fingerprint density at radius 3 is 2.44 bits per heavy atom. The molecule has 5 heteroatoms. The van der Waals surface area contributed by atoms with Crippen LogP contribution in [0.15, 0.2) is 24.3 Å². The number of ether oxygens (including phenoxy) is 1. The van der Waals surface area contributed by atoms with Crippen LogP contribution in [0.3, 0.4) is 0 Å². The number of hydrogen-bond donors (Lipinski definition) is 0. The molecule has 0 saturated carbocycles. The molecule has 1 atom stereocenters. The normalized spacial score (nSPS) is 11.9. The number of carbonyl (C=O) groups excluding carboxylic acids is 1. The lowest BCUT2D eigenvalue weighted by Gasteiger charge is -2.08. The molecule has 1 aromatic carbocycles. The van der Waals surface area contributed by atoms with Gasteiger partial charge in [-0.25, -0.2) is 0 Å². The summed E-state index contributed by atoms with van der Waals surface area (Å²) in [5, 5.41) is 10.4. The fourth-order valence-corrected chi connectivity index (χ4v) is 1.02. The van der Waals surface area contributed by atoms with Crippen LogP contribution in [0.5, 0.6) is 5.75 Å². The summed E-state index contributed by atoms with van der Waals surface area (Å²) in [6.45, 7) is 3.66. The van der Waals surface area contributed by atoms with E-state index in [4.69, 9.17) is 4.74 Å². The van der Waals surface area contributed by atoms with Crippen LogP contribution in [-0.4, -0.2) is 10.9 Å². The molecule has 86 valence electrons. The summed E-state index contributed by atoms with van der Waals surface area (Å²) in [5.41, 5.74) is -0.0247. The Kier molecular flexibility index (Phi) is 3.99. The minimum absolute atomic E-state index is 0.0247. The molecular formula is C11H13NO4. The van der Waals surface area contributed by atoms with E-state index in [1.807, 2.05) is 6.92 Å². The van der Waals surface area contributed by atoms with Crippen LogP contribution >= 0.6 is 0 Å². The molecule has 0 aliphatic heterocycles. The largest absolute Gasteiger partial charge is 0.426 e. The molecule has 0 heterocycles. The molecule has 0 fully saturated rings. The Morgan fingerprint density at radius 1 is 1.44 bits per heavy atom. The van der Waals surface area contributed by atoms with Gasteiger partial charge in [-0.15, -0.1) is 0 Å². The van der Waals surface area contributed by atoms with Crippen molar-refractivity contribution in [1.29, 1.82) is 0 Å². The number of benzene rings is 1. The molecule has 0 saturated heterocycles. The van der Waals surface area contributed by atoms with Crippen LogP contribution in [0, 0.1) is 16.0 Å². The third-order valence-electron chi connectivity index (χ3n) is 2.28. The molecule has 1 rings (SSSR count). The third kappa shape index (κ3) is 3.05. The zero-order chi connectivity index (χ0) is 12.1. The lowest BCUT2D eigenvalue weighted by atomic mass is 10.1. The van der Waals surface area contributed by atoms with Crippen molar-refractivity contribution < 1.29 is 14.5 Å². The number of nitrogens with zero attached hydrogens (tertiary/aromatic N) is 1. The predicted octanol–water partition coefficient (Wildman–Crippen LogP) is 2.55. The summed E-state index contributed by atoms with van der Waals surface area (Å²) in [4.78, 5) is 21.3. The minimum atomic E-state index is -0.500. The molecule has 0 N–H and O–H groups in total. The highest BCUT2D eigenvalue weighted by Gasteiger charge is 2.13. The average molecular weight is 223 g/mol. The van der Waals surface area contributed by atoms with E-state index in [9.17, 15) is 14.9 Å². The van der Waals surface area contributed by atoms with E-state index >= 15 is 0 Å². The Balaban J connectivity index is 2.69. The van der Waals surface area contributed by atoms with Crippen LogP contribution in [0.1, 0.15) is 20.3 Å². The van der Waals surface area contributed by atoms with E-state index < -0.39 is 4.92 Å². The first-order valence-electron chi connectivity index (χ1n) is 5.00. The molecular weight excluding hydrogens is 210 g/mol. The highest BCUT2D eigenvalue weighted by atomic mass is 16.6. The van der Waals surface area contributed by atoms with Gasteiger partial charge < -0.3 is 4.74 Å². The summed E-state index contributed by atoms with van der Waals surface area (Å²) in [6, 6.07) is 5.44. The molecule has 0 unspecified atom stereocenters. The number of nitro groups is 1. The second-order valence-electron chi connectivity index (χ2n) is 3.48. The fraction of sp³-hybridized carbons (Fsp3) is 0.364. The maximum Gasteiger partial charge on any atom is 0.314 e. The van der Waals surface area contributed by atoms with Crippen molar-refractivity contribution in [2.24, 2.45) is 5.92 Å². The van der Waals surface area contributed by atoms with Crippen molar-refractivity contribution in [3.8, 4) is 5.75 Å². The van der Waals surface area contributed by atoms with Gasteiger partial charge in [0.1, 0.15) is 5.75 Å². The number of carbonyl (C=O) groups is 1. The SMILES string of the molecule is CC[C@H](C)C(=O)Oc1ccc([N+](=O)[O-])cc1. The van der Waals surface area contributed by atoms with Gasteiger partial charge in [0.2, 0.25) is 0 Å². The van der Waals surface area contributed by atoms with E-state index in [1.165, 1.54) is 24.3 Å². The highest BCUT2D eigenvalue weighted by Crippen LogP contribution is 2.18. The van der Waals surface area contributed by atoms with Crippen LogP contribution in [0.25, 0.3) is 0 Å². The average Bonchev–Trinajstić information content (AvgIpc) is 2.28. The molecule has 0 radical (unpaired) electrons. The maximum atomic E-state index is 11.4. The quantitative estimate of drug-likeness (QED) is 0.340. The van der Waals surface area contributed by atoms with Crippen molar-refractivity contribution in [2.45, 2.75) is 20.3 Å². The van der Waals surface area contributed by atoms with E-state index in [0.29, 0.717) is 12.2 Å². The van der Waals surface area contributed by atoms with Gasteiger partial charge in [-0.05, 0) is 18.6 Å². The van der Waals surface area contributed by atoms with Crippen LogP contribution in [0.4, 0.5) is 5.69 Å². The Bertz CT molecular complexity index is 385. The van der Waals surface area contributed by atoms with E-state index in [-0.39, 0.29) is 17.6 Å². The molecule has 1 aromatic rings. The molecule has 5 nitrogen and oxygen atoms in total. The topological polar surface area (TPSA) is 69.4 Å². The first-order valence-corrected chi connectivity index (χ1v) is 5.00. The van der Waals surface area contributed by atoms with Crippen molar-refractivity contribution in [3.05, 3.63) is 34.4 Å². The van der Waals surface area contributed by atoms with E-state index in [1.54, 1.807) is 6.92 Å². The summed E-state index contributed by atoms with van der Waals surface area (Å²) in [6.07, 6.45) is 0.700. The van der Waals surface area contributed by atoms with Crippen molar-refractivity contribution in [1.82, 2.24) is 0 Å². The fourth-order valence-electron chi connectivity index (χ4n) is 1.02. The van der Waals surface area contributed by atoms with Gasteiger partial charge in [0.25, 0.3) is 5.69 Å². The van der Waals surface area contributed by atoms with E-state index in [2.05, 4.69) is 0 Å². The molecule has 0 amide bonds. The summed E-state index contributed by atoms with van der Waals surface area (Å²) in [7, 11) is 0. The number of non-ortho nitro benzene ring substituents is 1. The standard InChI is InChI=1S/C11H13NO4/c1-3-8(2)11(13)16-10-6-4-9(5-7-10)12(14)15/h4-8H,3H2,1-2H3/t8-/m0/s1. The Labute approximate surface area is 93.2 Å². The highest BCUT2D eigenvalue weighted by molar-refractivity contribution is 5.74. The summed E-state index contributed by atoms with van der Waals surface area (Å²) < 4.78 is 5.04. The molecule has 16 heavy (non-hydrogen) atoms. The van der Waals surface area contributed by atoms with Gasteiger partial charge in [0.15, 0.2) is 0 Å². The second kappa shape index (κ2) is 5.25. The number of hydrogen-bond acceptors (Lipinski definition) is 4. The number of esters is 1. The summed E-state index contributed by atoms with van der Waals surface area (Å²) >= 11 is 0. The monoisotopic (exact) mass is 223 g/mol. The lowest BCUT2D eigenvalue weighted by Crippen LogP contribution is -2.16. The van der Waals surface area contributed by atoms with Gasteiger partial charge in [0.05, 0.1) is 10.8 Å². The zero-order valence-corrected chi connectivity index (χ0v) is 9.17. The van der Waals surface area contributed by atoms with E-state index in [0.717, 1.165) is 0 Å². The lowest BCUT2D eigenvalue weighted by molar-refractivity contribution is -0.384. The molecule has 0 spiro atoms. The van der Waals surface area contributed by atoms with Gasteiger partial charge in [-0.1, -0.05) is 13.8 Å². The maximum absolute atomic E-state index is 11.4. The predicted molar refractivity (Wildman–Crippen MR) is 58.2 cm³/mol. The first-order chi connectivity index (χ1) is 7.54. The van der Waals surface area contributed by atoms with Crippen LogP contribution in [-0.2, 0) is 4.79 Å². The molecule has 0 aliphatic rings. The van der Waals surface area contributed by atoms with Gasteiger partial charge in [-0.3, -0.25) is 14.9 Å². The van der Waals surface area contributed by atoms with Crippen molar-refractivity contribution >= 4 is 11.7 Å². The zero-order valence-electron chi connectivity index (χ0n) is 9.17. The van der Waals surface area contributed by atoms with Crippen molar-refractivity contribution in [3.63, 3.8) is 0 Å². The van der Waals surface area contributed by atoms with Crippen LogP contribution < -0.4 is 4.74 Å². The smallest absolute Gasteiger partial charge is 0.314 e. The molecule has 0 bridgehead atoms. The Morgan fingerprint density at radius 2 is 2.00 bits per heavy atom.